The van der Waals surface area contributed by atoms with Crippen molar-refractivity contribution in [1.29, 1.82) is 0 Å². The summed E-state index contributed by atoms with van der Waals surface area (Å²) in [4.78, 5) is 18.4. The molecule has 0 aromatic heterocycles. The van der Waals surface area contributed by atoms with Crippen molar-refractivity contribution in [3.8, 4) is 11.5 Å². The third-order valence-corrected chi connectivity index (χ3v) is 6.15. The minimum Gasteiger partial charge on any atom is -0.493 e. The van der Waals surface area contributed by atoms with E-state index in [4.69, 9.17) is 9.47 Å². The molecular formula is C23H36N4O3. The molecule has 1 aliphatic heterocycles. The maximum absolute atomic E-state index is 11.6. The summed E-state index contributed by atoms with van der Waals surface area (Å²) < 4.78 is 11.7. The van der Waals surface area contributed by atoms with Crippen LogP contribution in [0.15, 0.2) is 23.2 Å². The molecule has 7 nitrogen and oxygen atoms in total. The number of rotatable bonds is 7. The van der Waals surface area contributed by atoms with E-state index in [9.17, 15) is 4.79 Å². The number of carbonyl (C=O) groups is 1. The second kappa shape index (κ2) is 11.1. The van der Waals surface area contributed by atoms with Crippen LogP contribution in [-0.4, -0.2) is 57.2 Å². The van der Waals surface area contributed by atoms with Gasteiger partial charge in [0, 0.05) is 40.2 Å². The van der Waals surface area contributed by atoms with Gasteiger partial charge in [-0.1, -0.05) is 6.07 Å². The molecule has 1 aromatic rings. The highest BCUT2D eigenvalue weighted by Gasteiger charge is 2.23. The molecule has 30 heavy (non-hydrogen) atoms. The zero-order valence-electron chi connectivity index (χ0n) is 18.6. The first kappa shape index (κ1) is 22.2. The van der Waals surface area contributed by atoms with Crippen molar-refractivity contribution in [2.75, 3.05) is 34.3 Å². The van der Waals surface area contributed by atoms with Gasteiger partial charge in [0.1, 0.15) is 0 Å². The van der Waals surface area contributed by atoms with Gasteiger partial charge in [-0.15, -0.1) is 0 Å². The lowest BCUT2D eigenvalue weighted by Crippen LogP contribution is -2.45. The Labute approximate surface area is 180 Å². The standard InChI is InChI=1S/C23H36N4O3/c1-24-22(28)15-17-10-12-27(13-11-17)23(25-2)26-16-18-8-9-20(29-3)21(14-18)30-19-6-4-5-7-19/h8-9,14,17,19H,4-7,10-13,15-16H2,1-3H3,(H,24,28)(H,25,26). The van der Waals surface area contributed by atoms with Gasteiger partial charge in [0.25, 0.3) is 0 Å². The van der Waals surface area contributed by atoms with Gasteiger partial charge < -0.3 is 25.0 Å². The normalized spacial score (nSPS) is 18.4. The number of nitrogens with zero attached hydrogens (tertiary/aromatic N) is 2. The topological polar surface area (TPSA) is 75.2 Å². The third kappa shape index (κ3) is 6.03. The predicted octanol–water partition coefficient (Wildman–Crippen LogP) is 2.94. The molecule has 0 atom stereocenters. The van der Waals surface area contributed by atoms with Crippen molar-refractivity contribution < 1.29 is 14.3 Å². The van der Waals surface area contributed by atoms with Crippen molar-refractivity contribution in [2.45, 2.75) is 57.6 Å². The molecule has 2 N–H and O–H groups in total. The van der Waals surface area contributed by atoms with Gasteiger partial charge in [0.15, 0.2) is 17.5 Å². The quantitative estimate of drug-likeness (QED) is 0.528. The van der Waals surface area contributed by atoms with Gasteiger partial charge in [-0.2, -0.15) is 0 Å². The molecule has 1 amide bonds. The average molecular weight is 417 g/mol. The van der Waals surface area contributed by atoms with Gasteiger partial charge in [-0.05, 0) is 62.1 Å². The molecule has 1 saturated carbocycles. The van der Waals surface area contributed by atoms with Gasteiger partial charge >= 0.3 is 0 Å². The summed E-state index contributed by atoms with van der Waals surface area (Å²) in [7, 11) is 5.21. The van der Waals surface area contributed by atoms with Crippen LogP contribution < -0.4 is 20.1 Å². The SMILES string of the molecule is CN=C(NCc1ccc(OC)c(OC2CCCC2)c1)N1CCC(CC(=O)NC)CC1. The van der Waals surface area contributed by atoms with E-state index in [1.807, 2.05) is 13.1 Å². The van der Waals surface area contributed by atoms with Crippen molar-refractivity contribution in [3.05, 3.63) is 23.8 Å². The molecular weight excluding hydrogens is 380 g/mol. The molecule has 0 unspecified atom stereocenters. The van der Waals surface area contributed by atoms with Crippen molar-refractivity contribution >= 4 is 11.9 Å². The molecule has 1 aliphatic carbocycles. The fraction of sp³-hybridized carbons (Fsp3) is 0.652. The van der Waals surface area contributed by atoms with E-state index < -0.39 is 0 Å². The molecule has 0 radical (unpaired) electrons. The van der Waals surface area contributed by atoms with Crippen LogP contribution in [0, 0.1) is 5.92 Å². The summed E-state index contributed by atoms with van der Waals surface area (Å²) in [5.74, 6) is 3.10. The van der Waals surface area contributed by atoms with Crippen LogP contribution in [0.5, 0.6) is 11.5 Å². The Bertz CT molecular complexity index is 723. The van der Waals surface area contributed by atoms with Gasteiger partial charge in [0.2, 0.25) is 5.91 Å². The summed E-state index contributed by atoms with van der Waals surface area (Å²) >= 11 is 0. The Kier molecular flexibility index (Phi) is 8.22. The lowest BCUT2D eigenvalue weighted by molar-refractivity contribution is -0.121. The minimum absolute atomic E-state index is 0.131. The second-order valence-corrected chi connectivity index (χ2v) is 8.22. The molecule has 0 spiro atoms. The van der Waals surface area contributed by atoms with Crippen LogP contribution in [0.1, 0.15) is 50.5 Å². The summed E-state index contributed by atoms with van der Waals surface area (Å²) in [5, 5.41) is 6.20. The van der Waals surface area contributed by atoms with Crippen LogP contribution in [0.4, 0.5) is 0 Å². The molecule has 2 fully saturated rings. The highest BCUT2D eigenvalue weighted by molar-refractivity contribution is 5.80. The third-order valence-electron chi connectivity index (χ3n) is 6.15. The molecule has 1 aromatic carbocycles. The number of benzene rings is 1. The van der Waals surface area contributed by atoms with Crippen LogP contribution in [0.25, 0.3) is 0 Å². The van der Waals surface area contributed by atoms with E-state index >= 15 is 0 Å². The number of methoxy groups -OCH3 is 1. The van der Waals surface area contributed by atoms with Crippen LogP contribution in [-0.2, 0) is 11.3 Å². The number of nitrogens with one attached hydrogen (secondary N) is 2. The monoisotopic (exact) mass is 416 g/mol. The van der Waals surface area contributed by atoms with Gasteiger partial charge in [-0.3, -0.25) is 9.79 Å². The lowest BCUT2D eigenvalue weighted by atomic mass is 9.93. The van der Waals surface area contributed by atoms with E-state index in [1.165, 1.54) is 12.8 Å². The molecule has 0 bridgehead atoms. The Morgan fingerprint density at radius 3 is 2.53 bits per heavy atom. The van der Waals surface area contributed by atoms with Crippen LogP contribution >= 0.6 is 0 Å². The average Bonchev–Trinajstić information content (AvgIpc) is 3.28. The van der Waals surface area contributed by atoms with Crippen LogP contribution in [0.3, 0.4) is 0 Å². The largest absolute Gasteiger partial charge is 0.493 e. The van der Waals surface area contributed by atoms with E-state index in [0.717, 1.165) is 61.8 Å². The number of ether oxygens (including phenoxy) is 2. The minimum atomic E-state index is 0.131. The maximum Gasteiger partial charge on any atom is 0.220 e. The summed E-state index contributed by atoms with van der Waals surface area (Å²) in [6.45, 7) is 2.51. The highest BCUT2D eigenvalue weighted by atomic mass is 16.5. The fourth-order valence-corrected chi connectivity index (χ4v) is 4.34. The van der Waals surface area contributed by atoms with E-state index in [1.54, 1.807) is 14.2 Å². The number of carbonyl (C=O) groups excluding carboxylic acids is 1. The molecule has 1 heterocycles. The zero-order valence-corrected chi connectivity index (χ0v) is 18.6. The molecule has 166 valence electrons. The summed E-state index contributed by atoms with van der Waals surface area (Å²) in [5.41, 5.74) is 1.14. The first-order chi connectivity index (χ1) is 14.6. The Morgan fingerprint density at radius 2 is 1.90 bits per heavy atom. The van der Waals surface area contributed by atoms with E-state index in [-0.39, 0.29) is 5.91 Å². The van der Waals surface area contributed by atoms with Gasteiger partial charge in [0.05, 0.1) is 13.2 Å². The zero-order chi connectivity index (χ0) is 21.3. The Hall–Kier alpha value is -2.44. The second-order valence-electron chi connectivity index (χ2n) is 8.22. The number of hydrogen-bond donors (Lipinski definition) is 2. The van der Waals surface area contributed by atoms with Crippen molar-refractivity contribution in [2.24, 2.45) is 10.9 Å². The highest BCUT2D eigenvalue weighted by Crippen LogP contribution is 2.32. The summed E-state index contributed by atoms with van der Waals surface area (Å²) in [6.07, 6.45) is 7.65. The molecule has 3 rings (SSSR count). The lowest BCUT2D eigenvalue weighted by Gasteiger charge is -2.34. The summed E-state index contributed by atoms with van der Waals surface area (Å²) in [6, 6.07) is 6.12. The molecule has 1 saturated heterocycles. The number of aliphatic imine (C=N–C) groups is 1. The Balaban J connectivity index is 1.54. The number of likely N-dealkylation sites (tertiary alicyclic amines) is 1. The maximum atomic E-state index is 11.6. The smallest absolute Gasteiger partial charge is 0.220 e. The van der Waals surface area contributed by atoms with E-state index in [2.05, 4.69) is 32.7 Å². The first-order valence-electron chi connectivity index (χ1n) is 11.1. The number of guanidine groups is 1. The predicted molar refractivity (Wildman–Crippen MR) is 119 cm³/mol. The van der Waals surface area contributed by atoms with E-state index in [0.29, 0.717) is 25.0 Å². The number of amides is 1. The molecule has 2 aliphatic rings. The Morgan fingerprint density at radius 1 is 1.17 bits per heavy atom. The number of hydrogen-bond acceptors (Lipinski definition) is 4. The van der Waals surface area contributed by atoms with Crippen LogP contribution in [0.2, 0.25) is 0 Å². The van der Waals surface area contributed by atoms with Gasteiger partial charge in [-0.25, -0.2) is 0 Å². The first-order valence-corrected chi connectivity index (χ1v) is 11.1. The van der Waals surface area contributed by atoms with Crippen molar-refractivity contribution in [3.63, 3.8) is 0 Å². The number of piperidine rings is 1. The van der Waals surface area contributed by atoms with Crippen molar-refractivity contribution in [1.82, 2.24) is 15.5 Å². The molecule has 7 heteroatoms. The fourth-order valence-electron chi connectivity index (χ4n) is 4.34.